The Kier molecular flexibility index (Phi) is 3.82. The molecule has 5 heteroatoms. The normalized spacial score (nSPS) is 12.6. The van der Waals surface area contributed by atoms with E-state index in [1.54, 1.807) is 6.20 Å². The molecule has 0 aliphatic heterocycles. The highest BCUT2D eigenvalue weighted by molar-refractivity contribution is 5.16. The molecule has 2 aromatic rings. The number of hydrogen-bond acceptors (Lipinski definition) is 4. The number of aromatic nitrogens is 4. The van der Waals surface area contributed by atoms with E-state index in [2.05, 4.69) is 44.8 Å². The smallest absolute Gasteiger partial charge is 0.0997 e. The maximum Gasteiger partial charge on any atom is 0.0997 e. The summed E-state index contributed by atoms with van der Waals surface area (Å²) >= 11 is 0. The second-order valence-corrected chi connectivity index (χ2v) is 3.95. The Bertz CT molecular complexity index is 434. The third-order valence-corrected chi connectivity index (χ3v) is 2.85. The molecule has 0 fully saturated rings. The highest BCUT2D eigenvalue weighted by Crippen LogP contribution is 2.14. The summed E-state index contributed by atoms with van der Waals surface area (Å²) in [5, 5.41) is 13.8. The monoisotopic (exact) mass is 231 g/mol. The van der Waals surface area contributed by atoms with E-state index < -0.39 is 0 Å². The Morgan fingerprint density at radius 3 is 2.76 bits per heavy atom. The van der Waals surface area contributed by atoms with Gasteiger partial charge < -0.3 is 5.32 Å². The van der Waals surface area contributed by atoms with Crippen LogP contribution in [-0.4, -0.2) is 27.4 Å². The summed E-state index contributed by atoms with van der Waals surface area (Å²) in [5.41, 5.74) is 3.23. The minimum atomic E-state index is 0.147. The quantitative estimate of drug-likeness (QED) is 0.813. The van der Waals surface area contributed by atoms with E-state index >= 15 is 0 Å². The van der Waals surface area contributed by atoms with Crippen molar-refractivity contribution in [3.8, 4) is 0 Å². The van der Waals surface area contributed by atoms with Gasteiger partial charge in [-0.3, -0.25) is 4.98 Å². The number of H-pyrrole nitrogens is 1. The fourth-order valence-corrected chi connectivity index (χ4v) is 1.73. The van der Waals surface area contributed by atoms with E-state index in [0.717, 1.165) is 24.2 Å². The standard InChI is InChI=1S/C12H17N5/c1-3-9-4-5-10(14-7-9)6-11(13-2)12-8-15-17-16-12/h4-5,7-8,11,13H,3,6H2,1-2H3,(H,15,16,17). The van der Waals surface area contributed by atoms with Gasteiger partial charge in [0.1, 0.15) is 0 Å². The fraction of sp³-hybridized carbons (Fsp3) is 0.417. The molecule has 0 amide bonds. The summed E-state index contributed by atoms with van der Waals surface area (Å²) in [4.78, 5) is 4.45. The van der Waals surface area contributed by atoms with Gasteiger partial charge in [0, 0.05) is 18.3 Å². The van der Waals surface area contributed by atoms with Crippen molar-refractivity contribution >= 4 is 0 Å². The van der Waals surface area contributed by atoms with Crippen LogP contribution in [0.25, 0.3) is 0 Å². The van der Waals surface area contributed by atoms with Crippen molar-refractivity contribution < 1.29 is 0 Å². The topological polar surface area (TPSA) is 66.5 Å². The Hall–Kier alpha value is -1.75. The summed E-state index contributed by atoms with van der Waals surface area (Å²) in [6, 6.07) is 4.34. The predicted molar refractivity (Wildman–Crippen MR) is 65.5 cm³/mol. The summed E-state index contributed by atoms with van der Waals surface area (Å²) in [7, 11) is 1.92. The van der Waals surface area contributed by atoms with E-state index in [4.69, 9.17) is 0 Å². The predicted octanol–water partition coefficient (Wildman–Crippen LogP) is 1.27. The van der Waals surface area contributed by atoms with E-state index in [1.807, 2.05) is 13.2 Å². The molecule has 0 aromatic carbocycles. The van der Waals surface area contributed by atoms with Crippen LogP contribution in [0.4, 0.5) is 0 Å². The molecule has 90 valence electrons. The van der Waals surface area contributed by atoms with E-state index in [1.165, 1.54) is 5.56 Å². The molecule has 17 heavy (non-hydrogen) atoms. The maximum absolute atomic E-state index is 4.45. The average Bonchev–Trinajstić information content (AvgIpc) is 2.90. The Morgan fingerprint density at radius 2 is 2.24 bits per heavy atom. The number of aromatic amines is 1. The van der Waals surface area contributed by atoms with Crippen molar-refractivity contribution in [3.05, 3.63) is 41.5 Å². The highest BCUT2D eigenvalue weighted by Gasteiger charge is 2.13. The molecular weight excluding hydrogens is 214 g/mol. The molecule has 0 radical (unpaired) electrons. The second kappa shape index (κ2) is 5.54. The lowest BCUT2D eigenvalue weighted by Crippen LogP contribution is -2.19. The zero-order valence-corrected chi connectivity index (χ0v) is 10.1. The van der Waals surface area contributed by atoms with Crippen LogP contribution in [-0.2, 0) is 12.8 Å². The molecule has 0 spiro atoms. The molecular formula is C12H17N5. The van der Waals surface area contributed by atoms with Crippen LogP contribution in [0.15, 0.2) is 24.5 Å². The molecule has 1 unspecified atom stereocenters. The molecule has 2 rings (SSSR count). The molecule has 0 saturated heterocycles. The van der Waals surface area contributed by atoms with Crippen molar-refractivity contribution in [2.75, 3.05) is 7.05 Å². The first kappa shape index (κ1) is 11.7. The molecule has 5 nitrogen and oxygen atoms in total. The third kappa shape index (κ3) is 2.88. The van der Waals surface area contributed by atoms with Gasteiger partial charge in [-0.25, -0.2) is 0 Å². The lowest BCUT2D eigenvalue weighted by atomic mass is 10.1. The van der Waals surface area contributed by atoms with Crippen LogP contribution in [0, 0.1) is 0 Å². The van der Waals surface area contributed by atoms with Crippen LogP contribution in [0.3, 0.4) is 0 Å². The fourth-order valence-electron chi connectivity index (χ4n) is 1.73. The van der Waals surface area contributed by atoms with Crippen LogP contribution >= 0.6 is 0 Å². The molecule has 0 saturated carbocycles. The summed E-state index contributed by atoms with van der Waals surface area (Å²) in [6.45, 7) is 2.13. The number of rotatable bonds is 5. The van der Waals surface area contributed by atoms with Crippen LogP contribution in [0.5, 0.6) is 0 Å². The Balaban J connectivity index is 2.07. The van der Waals surface area contributed by atoms with Gasteiger partial charge in [0.05, 0.1) is 17.9 Å². The lowest BCUT2D eigenvalue weighted by molar-refractivity contribution is 0.567. The van der Waals surface area contributed by atoms with Gasteiger partial charge in [-0.15, -0.1) is 0 Å². The number of likely N-dealkylation sites (N-methyl/N-ethyl adjacent to an activating group) is 1. The van der Waals surface area contributed by atoms with Crippen molar-refractivity contribution in [2.45, 2.75) is 25.8 Å². The third-order valence-electron chi connectivity index (χ3n) is 2.85. The van der Waals surface area contributed by atoms with Gasteiger partial charge in [0.25, 0.3) is 0 Å². The maximum atomic E-state index is 4.45. The minimum Gasteiger partial charge on any atom is -0.311 e. The Morgan fingerprint density at radius 1 is 1.35 bits per heavy atom. The van der Waals surface area contributed by atoms with Crippen molar-refractivity contribution in [1.82, 2.24) is 25.7 Å². The van der Waals surface area contributed by atoms with Gasteiger partial charge in [-0.1, -0.05) is 13.0 Å². The number of pyridine rings is 1. The Labute approximate surface area is 101 Å². The van der Waals surface area contributed by atoms with Crippen molar-refractivity contribution in [2.24, 2.45) is 0 Å². The van der Waals surface area contributed by atoms with E-state index in [0.29, 0.717) is 0 Å². The van der Waals surface area contributed by atoms with Gasteiger partial charge in [0.2, 0.25) is 0 Å². The number of nitrogens with zero attached hydrogens (tertiary/aromatic N) is 3. The van der Waals surface area contributed by atoms with E-state index in [9.17, 15) is 0 Å². The van der Waals surface area contributed by atoms with Gasteiger partial charge in [-0.05, 0) is 25.1 Å². The summed E-state index contributed by atoms with van der Waals surface area (Å²) in [6.07, 6.45) is 5.51. The van der Waals surface area contributed by atoms with Crippen LogP contribution in [0.1, 0.15) is 29.9 Å². The highest BCUT2D eigenvalue weighted by atomic mass is 15.3. The van der Waals surface area contributed by atoms with Crippen molar-refractivity contribution in [3.63, 3.8) is 0 Å². The number of nitrogens with one attached hydrogen (secondary N) is 2. The molecule has 0 aliphatic carbocycles. The van der Waals surface area contributed by atoms with Crippen LogP contribution in [0.2, 0.25) is 0 Å². The molecule has 2 N–H and O–H groups in total. The van der Waals surface area contributed by atoms with Crippen LogP contribution < -0.4 is 5.32 Å². The molecule has 1 atom stereocenters. The second-order valence-electron chi connectivity index (χ2n) is 3.95. The van der Waals surface area contributed by atoms with Gasteiger partial charge >= 0.3 is 0 Å². The minimum absolute atomic E-state index is 0.147. The lowest BCUT2D eigenvalue weighted by Gasteiger charge is -2.12. The number of hydrogen-bond donors (Lipinski definition) is 2. The summed E-state index contributed by atoms with van der Waals surface area (Å²) < 4.78 is 0. The first-order valence-corrected chi connectivity index (χ1v) is 5.80. The molecule has 2 heterocycles. The van der Waals surface area contributed by atoms with Gasteiger partial charge in [0.15, 0.2) is 0 Å². The van der Waals surface area contributed by atoms with Gasteiger partial charge in [-0.2, -0.15) is 15.4 Å². The zero-order valence-electron chi connectivity index (χ0n) is 10.1. The average molecular weight is 231 g/mol. The first-order chi connectivity index (χ1) is 8.33. The van der Waals surface area contributed by atoms with E-state index in [-0.39, 0.29) is 6.04 Å². The SMILES string of the molecule is CCc1ccc(CC(NC)c2cn[nH]n2)nc1. The summed E-state index contributed by atoms with van der Waals surface area (Å²) in [5.74, 6) is 0. The number of aryl methyl sites for hydroxylation is 1. The van der Waals surface area contributed by atoms with Crippen molar-refractivity contribution in [1.29, 1.82) is 0 Å². The zero-order chi connectivity index (χ0) is 12.1. The molecule has 0 aliphatic rings. The molecule has 2 aromatic heterocycles. The molecule has 0 bridgehead atoms. The largest absolute Gasteiger partial charge is 0.311 e. The first-order valence-electron chi connectivity index (χ1n) is 5.80.